The highest BCUT2D eigenvalue weighted by atomic mass is 15.4. The number of likely N-dealkylation sites (N-methyl/N-ethyl adjacent to an activating group) is 2. The SMILES string of the molecule is CCN(CC)C(CCN)(N(C)C)C(N)(N)CC. The van der Waals surface area contributed by atoms with E-state index in [9.17, 15) is 0 Å². The van der Waals surface area contributed by atoms with E-state index in [0.29, 0.717) is 13.0 Å². The normalized spacial score (nSPS) is 16.6. The van der Waals surface area contributed by atoms with Crippen LogP contribution in [0, 0.1) is 0 Å². The smallest absolute Gasteiger partial charge is 0.106 e. The molecule has 0 aromatic rings. The van der Waals surface area contributed by atoms with Crippen molar-refractivity contribution in [3.63, 3.8) is 0 Å². The molecule has 5 nitrogen and oxygen atoms in total. The average Bonchev–Trinajstić information content (AvgIpc) is 2.28. The van der Waals surface area contributed by atoms with Crippen LogP contribution < -0.4 is 17.2 Å². The lowest BCUT2D eigenvalue weighted by atomic mass is 9.85. The Bertz CT molecular complexity index is 213. The number of nitrogens with two attached hydrogens (primary N) is 3. The van der Waals surface area contributed by atoms with Crippen molar-refractivity contribution < 1.29 is 0 Å². The minimum absolute atomic E-state index is 0.389. The quantitative estimate of drug-likeness (QED) is 0.523. The molecule has 1 unspecified atom stereocenters. The van der Waals surface area contributed by atoms with Gasteiger partial charge in [0.25, 0.3) is 0 Å². The Labute approximate surface area is 106 Å². The standard InChI is InChI=1S/C12H31N5/c1-6-11(14,15)12(9-10-13,16(4)5)17(7-2)8-3/h6-10,13-15H2,1-5H3. The Balaban J connectivity index is 5.57. The Hall–Kier alpha value is -0.200. The molecule has 5 heteroatoms. The summed E-state index contributed by atoms with van der Waals surface area (Å²) in [6, 6.07) is 0. The lowest BCUT2D eigenvalue weighted by Crippen LogP contribution is -2.78. The zero-order valence-corrected chi connectivity index (χ0v) is 12.2. The van der Waals surface area contributed by atoms with Gasteiger partial charge in [0.2, 0.25) is 0 Å². The van der Waals surface area contributed by atoms with Gasteiger partial charge in [0, 0.05) is 0 Å². The second-order valence-corrected chi connectivity index (χ2v) is 4.82. The van der Waals surface area contributed by atoms with Crippen LogP contribution in [0.2, 0.25) is 0 Å². The summed E-state index contributed by atoms with van der Waals surface area (Å²) < 4.78 is 0. The van der Waals surface area contributed by atoms with Crippen molar-refractivity contribution >= 4 is 0 Å². The Morgan fingerprint density at radius 3 is 1.71 bits per heavy atom. The first-order valence-corrected chi connectivity index (χ1v) is 6.54. The summed E-state index contributed by atoms with van der Waals surface area (Å²) in [6.45, 7) is 8.67. The first-order chi connectivity index (χ1) is 7.83. The summed E-state index contributed by atoms with van der Waals surface area (Å²) in [4.78, 5) is 4.43. The maximum absolute atomic E-state index is 6.37. The molecule has 0 bridgehead atoms. The third kappa shape index (κ3) is 2.98. The molecular weight excluding hydrogens is 214 g/mol. The van der Waals surface area contributed by atoms with Gasteiger partial charge in [0.15, 0.2) is 0 Å². The van der Waals surface area contributed by atoms with Crippen LogP contribution >= 0.6 is 0 Å². The number of nitrogens with zero attached hydrogens (tertiary/aromatic N) is 2. The molecule has 104 valence electrons. The minimum atomic E-state index is -0.776. The highest BCUT2D eigenvalue weighted by Crippen LogP contribution is 2.31. The fraction of sp³-hybridized carbons (Fsp3) is 1.00. The van der Waals surface area contributed by atoms with E-state index in [-0.39, 0.29) is 5.66 Å². The predicted octanol–water partition coefficient (Wildman–Crippen LogP) is -0.0414. The molecule has 17 heavy (non-hydrogen) atoms. The van der Waals surface area contributed by atoms with Crippen LogP contribution in [0.15, 0.2) is 0 Å². The summed E-state index contributed by atoms with van der Waals surface area (Å²) in [5, 5.41) is 0. The van der Waals surface area contributed by atoms with Crippen molar-refractivity contribution in [2.75, 3.05) is 33.7 Å². The fourth-order valence-corrected chi connectivity index (χ4v) is 2.84. The van der Waals surface area contributed by atoms with Gasteiger partial charge in [-0.05, 0) is 46.6 Å². The fourth-order valence-electron chi connectivity index (χ4n) is 2.84. The van der Waals surface area contributed by atoms with Crippen molar-refractivity contribution in [1.29, 1.82) is 0 Å². The van der Waals surface area contributed by atoms with Crippen LogP contribution in [0.25, 0.3) is 0 Å². The van der Waals surface area contributed by atoms with E-state index in [0.717, 1.165) is 19.5 Å². The summed E-state index contributed by atoms with van der Waals surface area (Å²) in [7, 11) is 4.05. The van der Waals surface area contributed by atoms with Crippen molar-refractivity contribution in [2.45, 2.75) is 44.9 Å². The summed E-state index contributed by atoms with van der Waals surface area (Å²) >= 11 is 0. The second-order valence-electron chi connectivity index (χ2n) is 4.82. The van der Waals surface area contributed by atoms with E-state index in [2.05, 4.69) is 23.6 Å². The molecule has 1 atom stereocenters. The van der Waals surface area contributed by atoms with Crippen molar-refractivity contribution in [1.82, 2.24) is 9.80 Å². The molecule has 0 aliphatic rings. The Kier molecular flexibility index (Phi) is 6.58. The molecule has 0 fully saturated rings. The molecule has 0 heterocycles. The largest absolute Gasteiger partial charge is 0.330 e. The van der Waals surface area contributed by atoms with Gasteiger partial charge in [0.1, 0.15) is 5.66 Å². The Morgan fingerprint density at radius 1 is 1.00 bits per heavy atom. The van der Waals surface area contributed by atoms with E-state index in [1.165, 1.54) is 0 Å². The molecule has 0 aromatic heterocycles. The highest BCUT2D eigenvalue weighted by molar-refractivity contribution is 5.04. The zero-order valence-electron chi connectivity index (χ0n) is 12.2. The lowest BCUT2D eigenvalue weighted by Gasteiger charge is -2.56. The van der Waals surface area contributed by atoms with Gasteiger partial charge in [-0.2, -0.15) is 0 Å². The third-order valence-corrected chi connectivity index (χ3v) is 3.85. The van der Waals surface area contributed by atoms with Crippen LogP contribution in [0.1, 0.15) is 33.6 Å². The molecular formula is C12H31N5. The monoisotopic (exact) mass is 245 g/mol. The number of hydrogen-bond donors (Lipinski definition) is 3. The Morgan fingerprint density at radius 2 is 1.47 bits per heavy atom. The van der Waals surface area contributed by atoms with Crippen LogP contribution in [-0.4, -0.2) is 54.9 Å². The molecule has 0 radical (unpaired) electrons. The van der Waals surface area contributed by atoms with E-state index < -0.39 is 5.66 Å². The third-order valence-electron chi connectivity index (χ3n) is 3.85. The van der Waals surface area contributed by atoms with Crippen molar-refractivity contribution in [3.05, 3.63) is 0 Å². The van der Waals surface area contributed by atoms with Crippen LogP contribution in [0.5, 0.6) is 0 Å². The van der Waals surface area contributed by atoms with E-state index in [4.69, 9.17) is 17.2 Å². The van der Waals surface area contributed by atoms with Crippen LogP contribution in [0.4, 0.5) is 0 Å². The minimum Gasteiger partial charge on any atom is -0.330 e. The molecule has 0 aliphatic heterocycles. The van der Waals surface area contributed by atoms with Crippen LogP contribution in [-0.2, 0) is 0 Å². The molecule has 0 rings (SSSR count). The number of rotatable bonds is 8. The zero-order chi connectivity index (χ0) is 13.7. The molecule has 6 N–H and O–H groups in total. The summed E-state index contributed by atoms with van der Waals surface area (Å²) in [6.07, 6.45) is 1.48. The average molecular weight is 245 g/mol. The van der Waals surface area contributed by atoms with Crippen LogP contribution in [0.3, 0.4) is 0 Å². The topological polar surface area (TPSA) is 84.5 Å². The molecule has 0 aliphatic carbocycles. The summed E-state index contributed by atoms with van der Waals surface area (Å²) in [5.74, 6) is 0. The first-order valence-electron chi connectivity index (χ1n) is 6.54. The van der Waals surface area contributed by atoms with Gasteiger partial charge < -0.3 is 17.2 Å². The first kappa shape index (κ1) is 16.8. The molecule has 0 aromatic carbocycles. The van der Waals surface area contributed by atoms with Gasteiger partial charge in [-0.25, -0.2) is 0 Å². The van der Waals surface area contributed by atoms with Gasteiger partial charge in [-0.1, -0.05) is 20.8 Å². The van der Waals surface area contributed by atoms with Gasteiger partial charge >= 0.3 is 0 Å². The predicted molar refractivity (Wildman–Crippen MR) is 74.4 cm³/mol. The van der Waals surface area contributed by atoms with Crippen molar-refractivity contribution in [2.24, 2.45) is 17.2 Å². The lowest BCUT2D eigenvalue weighted by molar-refractivity contribution is -0.0910. The van der Waals surface area contributed by atoms with E-state index in [1.807, 2.05) is 21.0 Å². The highest BCUT2D eigenvalue weighted by Gasteiger charge is 2.50. The molecule has 0 saturated heterocycles. The molecule has 0 spiro atoms. The van der Waals surface area contributed by atoms with E-state index in [1.54, 1.807) is 0 Å². The van der Waals surface area contributed by atoms with E-state index >= 15 is 0 Å². The maximum atomic E-state index is 6.37. The molecule has 0 saturated carbocycles. The number of hydrogen-bond acceptors (Lipinski definition) is 5. The van der Waals surface area contributed by atoms with Crippen molar-refractivity contribution in [3.8, 4) is 0 Å². The van der Waals surface area contributed by atoms with Gasteiger partial charge in [-0.15, -0.1) is 0 Å². The summed E-state index contributed by atoms with van der Waals surface area (Å²) in [5.41, 5.74) is 17.4. The maximum Gasteiger partial charge on any atom is 0.106 e. The van der Waals surface area contributed by atoms with Gasteiger partial charge in [-0.3, -0.25) is 9.80 Å². The molecule has 0 amide bonds. The second kappa shape index (κ2) is 6.66. The van der Waals surface area contributed by atoms with Gasteiger partial charge in [0.05, 0.1) is 5.66 Å².